The zero-order valence-corrected chi connectivity index (χ0v) is 17.6. The Kier molecular flexibility index (Phi) is 6.42. The van der Waals surface area contributed by atoms with Crippen molar-refractivity contribution in [3.63, 3.8) is 0 Å². The number of benzene rings is 3. The fraction of sp³-hybridized carbons (Fsp3) is 0.190. The van der Waals surface area contributed by atoms with Gasteiger partial charge in [0.25, 0.3) is 0 Å². The van der Waals surface area contributed by atoms with E-state index < -0.39 is 15.9 Å². The van der Waals surface area contributed by atoms with Crippen molar-refractivity contribution < 1.29 is 17.9 Å². The largest absolute Gasteiger partial charge is 0.492 e. The minimum atomic E-state index is -3.89. The van der Waals surface area contributed by atoms with E-state index in [1.54, 1.807) is 6.07 Å². The molecule has 0 aromatic heterocycles. The van der Waals surface area contributed by atoms with Gasteiger partial charge < -0.3 is 10.1 Å². The van der Waals surface area contributed by atoms with Gasteiger partial charge in [0.05, 0.1) is 23.1 Å². The molecule has 6 nitrogen and oxygen atoms in total. The lowest BCUT2D eigenvalue weighted by molar-refractivity contribution is -0.116. The van der Waals surface area contributed by atoms with Crippen LogP contribution in [0.5, 0.6) is 5.75 Å². The average molecular weight is 433 g/mol. The second-order valence-electron chi connectivity index (χ2n) is 6.36. The van der Waals surface area contributed by atoms with Crippen LogP contribution in [0.25, 0.3) is 10.8 Å². The molecule has 8 heteroatoms. The van der Waals surface area contributed by atoms with Gasteiger partial charge in [-0.2, -0.15) is 4.31 Å². The molecule has 152 valence electrons. The lowest BCUT2D eigenvalue weighted by Crippen LogP contribution is -2.35. The summed E-state index contributed by atoms with van der Waals surface area (Å²) < 4.78 is 31.9. The fourth-order valence-corrected chi connectivity index (χ4v) is 4.36. The van der Waals surface area contributed by atoms with Crippen LogP contribution in [0.2, 0.25) is 5.02 Å². The molecule has 1 amide bonds. The van der Waals surface area contributed by atoms with Crippen molar-refractivity contribution >= 4 is 44.0 Å². The van der Waals surface area contributed by atoms with E-state index >= 15 is 0 Å². The number of sulfonamides is 1. The van der Waals surface area contributed by atoms with Crippen molar-refractivity contribution in [3.8, 4) is 5.75 Å². The van der Waals surface area contributed by atoms with Crippen molar-refractivity contribution in [2.45, 2.75) is 11.8 Å². The Balaban J connectivity index is 1.75. The van der Waals surface area contributed by atoms with Gasteiger partial charge in [-0.15, -0.1) is 0 Å². The molecular weight excluding hydrogens is 412 g/mol. The molecule has 0 saturated carbocycles. The molecule has 0 spiro atoms. The van der Waals surface area contributed by atoms with Crippen molar-refractivity contribution in [2.75, 3.05) is 25.5 Å². The zero-order valence-electron chi connectivity index (χ0n) is 16.1. The molecule has 0 atom stereocenters. The first-order valence-electron chi connectivity index (χ1n) is 8.99. The number of nitrogens with zero attached hydrogens (tertiary/aromatic N) is 1. The van der Waals surface area contributed by atoms with Gasteiger partial charge >= 0.3 is 0 Å². The lowest BCUT2D eigenvalue weighted by atomic mass is 10.1. The van der Waals surface area contributed by atoms with Gasteiger partial charge in [0.15, 0.2) is 0 Å². The van der Waals surface area contributed by atoms with Crippen LogP contribution < -0.4 is 10.1 Å². The van der Waals surface area contributed by atoms with Crippen LogP contribution in [0, 0.1) is 0 Å². The SMILES string of the molecule is CCOc1ccc(S(=O)(=O)N(C)CC(=O)Nc2cccc3ccccc23)cc1Cl. The van der Waals surface area contributed by atoms with E-state index in [0.717, 1.165) is 15.1 Å². The molecule has 0 fully saturated rings. The summed E-state index contributed by atoms with van der Waals surface area (Å²) in [7, 11) is -2.54. The number of rotatable bonds is 7. The van der Waals surface area contributed by atoms with Crippen LogP contribution >= 0.6 is 11.6 Å². The highest BCUT2D eigenvalue weighted by Crippen LogP contribution is 2.28. The summed E-state index contributed by atoms with van der Waals surface area (Å²) in [6, 6.07) is 17.4. The molecular formula is C21H21ClN2O4S. The van der Waals surface area contributed by atoms with E-state index in [-0.39, 0.29) is 16.5 Å². The van der Waals surface area contributed by atoms with Crippen LogP contribution in [0.3, 0.4) is 0 Å². The molecule has 0 radical (unpaired) electrons. The molecule has 3 rings (SSSR count). The number of nitrogens with one attached hydrogen (secondary N) is 1. The number of amides is 1. The van der Waals surface area contributed by atoms with E-state index in [1.807, 2.05) is 43.3 Å². The number of hydrogen-bond donors (Lipinski definition) is 1. The quantitative estimate of drug-likeness (QED) is 0.608. The molecule has 0 aliphatic heterocycles. The summed E-state index contributed by atoms with van der Waals surface area (Å²) in [5, 5.41) is 4.84. The monoisotopic (exact) mass is 432 g/mol. The Morgan fingerprint density at radius 3 is 2.55 bits per heavy atom. The van der Waals surface area contributed by atoms with Gasteiger partial charge in [-0.05, 0) is 36.6 Å². The average Bonchev–Trinajstić information content (AvgIpc) is 2.69. The highest BCUT2D eigenvalue weighted by atomic mass is 35.5. The Hall–Kier alpha value is -2.61. The van der Waals surface area contributed by atoms with E-state index in [9.17, 15) is 13.2 Å². The maximum Gasteiger partial charge on any atom is 0.243 e. The van der Waals surface area contributed by atoms with Crippen molar-refractivity contribution in [2.24, 2.45) is 0 Å². The second-order valence-corrected chi connectivity index (χ2v) is 8.81. The van der Waals surface area contributed by atoms with Gasteiger partial charge in [0.1, 0.15) is 5.75 Å². The number of fused-ring (bicyclic) bond motifs is 1. The smallest absolute Gasteiger partial charge is 0.243 e. The standard InChI is InChI=1S/C21H21ClN2O4S/c1-3-28-20-12-11-16(13-18(20)22)29(26,27)24(2)14-21(25)23-19-10-6-8-15-7-4-5-9-17(15)19/h4-13H,3,14H2,1-2H3,(H,23,25). The number of ether oxygens (including phenoxy) is 1. The first-order valence-corrected chi connectivity index (χ1v) is 10.8. The Morgan fingerprint density at radius 2 is 1.83 bits per heavy atom. The van der Waals surface area contributed by atoms with Crippen LogP contribution in [0.4, 0.5) is 5.69 Å². The predicted octanol–water partition coefficient (Wildman–Crippen LogP) is 4.15. The van der Waals surface area contributed by atoms with E-state index in [2.05, 4.69) is 5.32 Å². The van der Waals surface area contributed by atoms with Crippen LogP contribution in [-0.4, -0.2) is 38.8 Å². The lowest BCUT2D eigenvalue weighted by Gasteiger charge is -2.18. The molecule has 0 bridgehead atoms. The number of halogens is 1. The predicted molar refractivity (Wildman–Crippen MR) is 115 cm³/mol. The molecule has 3 aromatic carbocycles. The number of carbonyl (C=O) groups is 1. The number of anilines is 1. The number of hydrogen-bond acceptors (Lipinski definition) is 4. The third-order valence-corrected chi connectivity index (χ3v) is 6.44. The molecule has 0 unspecified atom stereocenters. The topological polar surface area (TPSA) is 75.7 Å². The molecule has 1 N–H and O–H groups in total. The highest BCUT2D eigenvalue weighted by Gasteiger charge is 2.24. The van der Waals surface area contributed by atoms with Gasteiger partial charge in [0.2, 0.25) is 15.9 Å². The molecule has 0 heterocycles. The summed E-state index contributed by atoms with van der Waals surface area (Å²) in [5.41, 5.74) is 0.628. The van der Waals surface area contributed by atoms with E-state index in [4.69, 9.17) is 16.3 Å². The van der Waals surface area contributed by atoms with Crippen molar-refractivity contribution in [3.05, 3.63) is 65.7 Å². The third-order valence-electron chi connectivity index (χ3n) is 4.34. The molecule has 0 saturated heterocycles. The van der Waals surface area contributed by atoms with Crippen LogP contribution in [0.15, 0.2) is 65.6 Å². The van der Waals surface area contributed by atoms with Gasteiger partial charge in [-0.3, -0.25) is 4.79 Å². The molecule has 3 aromatic rings. The summed E-state index contributed by atoms with van der Waals surface area (Å²) in [6.07, 6.45) is 0. The molecule has 0 aliphatic rings. The minimum Gasteiger partial charge on any atom is -0.492 e. The van der Waals surface area contributed by atoms with Crippen LogP contribution in [-0.2, 0) is 14.8 Å². The fourth-order valence-electron chi connectivity index (χ4n) is 2.91. The van der Waals surface area contributed by atoms with Gasteiger partial charge in [0, 0.05) is 18.1 Å². The Morgan fingerprint density at radius 1 is 1.10 bits per heavy atom. The Labute approximate surface area is 175 Å². The van der Waals surface area contributed by atoms with Crippen LogP contribution in [0.1, 0.15) is 6.92 Å². The number of carbonyl (C=O) groups excluding carboxylic acids is 1. The first kappa shape index (κ1) is 21.1. The first-order chi connectivity index (χ1) is 13.8. The van der Waals surface area contributed by atoms with E-state index in [1.165, 1.54) is 25.2 Å². The Bertz CT molecular complexity index is 1140. The normalized spacial score (nSPS) is 11.6. The minimum absolute atomic E-state index is 0.00795. The van der Waals surface area contributed by atoms with E-state index in [0.29, 0.717) is 18.0 Å². The third kappa shape index (κ3) is 4.70. The number of likely N-dealkylation sites (N-methyl/N-ethyl adjacent to an activating group) is 1. The van der Waals surface area contributed by atoms with Gasteiger partial charge in [-0.25, -0.2) is 8.42 Å². The van der Waals surface area contributed by atoms with Gasteiger partial charge in [-0.1, -0.05) is 48.0 Å². The summed E-state index contributed by atoms with van der Waals surface area (Å²) in [5.74, 6) is -0.0334. The summed E-state index contributed by atoms with van der Waals surface area (Å²) in [4.78, 5) is 12.5. The maximum atomic E-state index is 12.8. The summed E-state index contributed by atoms with van der Waals surface area (Å²) in [6.45, 7) is 1.89. The maximum absolute atomic E-state index is 12.8. The van der Waals surface area contributed by atoms with Crippen molar-refractivity contribution in [1.82, 2.24) is 4.31 Å². The van der Waals surface area contributed by atoms with Crippen molar-refractivity contribution in [1.29, 1.82) is 0 Å². The molecule has 0 aliphatic carbocycles. The second kappa shape index (κ2) is 8.82. The zero-order chi connectivity index (χ0) is 21.0. The summed E-state index contributed by atoms with van der Waals surface area (Å²) >= 11 is 6.10. The highest BCUT2D eigenvalue weighted by molar-refractivity contribution is 7.89. The molecule has 29 heavy (non-hydrogen) atoms.